The van der Waals surface area contributed by atoms with Crippen LogP contribution in [-0.2, 0) is 13.1 Å². The number of aliphatic imine (C=N–C) groups is 1. The molecule has 0 aliphatic carbocycles. The van der Waals surface area contributed by atoms with Crippen LogP contribution in [0.4, 0.5) is 4.39 Å². The van der Waals surface area contributed by atoms with Gasteiger partial charge in [-0.15, -0.1) is 0 Å². The van der Waals surface area contributed by atoms with Gasteiger partial charge in [0.1, 0.15) is 5.82 Å². The average molecular weight is 359 g/mol. The van der Waals surface area contributed by atoms with Crippen LogP contribution in [0.15, 0.2) is 41.4 Å². The van der Waals surface area contributed by atoms with Gasteiger partial charge in [-0.25, -0.2) is 4.39 Å². The molecule has 0 fully saturated rings. The maximum absolute atomic E-state index is 13.6. The Hall–Kier alpha value is -2.76. The van der Waals surface area contributed by atoms with Crippen LogP contribution < -0.4 is 20.1 Å². The van der Waals surface area contributed by atoms with Crippen LogP contribution in [0.2, 0.25) is 0 Å². The Kier molecular flexibility index (Phi) is 7.26. The molecular weight excluding hydrogens is 333 g/mol. The third kappa shape index (κ3) is 5.37. The Morgan fingerprint density at radius 3 is 2.27 bits per heavy atom. The standard InChI is InChI=1S/C20H26FN3O2/c1-5-26-18-9-8-16(11-19(18)25-4)13-24-20(22-3)23-12-15-7-6-14(2)17(21)10-15/h6-11H,5,12-13H2,1-4H3,(H2,22,23,24). The lowest BCUT2D eigenvalue weighted by molar-refractivity contribution is 0.310. The van der Waals surface area contributed by atoms with E-state index in [4.69, 9.17) is 9.47 Å². The Morgan fingerprint density at radius 2 is 1.69 bits per heavy atom. The van der Waals surface area contributed by atoms with E-state index in [2.05, 4.69) is 15.6 Å². The van der Waals surface area contributed by atoms with Crippen molar-refractivity contribution in [1.82, 2.24) is 10.6 Å². The van der Waals surface area contributed by atoms with E-state index in [1.165, 1.54) is 6.07 Å². The van der Waals surface area contributed by atoms with Crippen molar-refractivity contribution in [3.05, 3.63) is 58.9 Å². The van der Waals surface area contributed by atoms with Crippen LogP contribution >= 0.6 is 0 Å². The molecule has 26 heavy (non-hydrogen) atoms. The Bertz CT molecular complexity index is 763. The van der Waals surface area contributed by atoms with Crippen molar-refractivity contribution in [2.45, 2.75) is 26.9 Å². The van der Waals surface area contributed by atoms with E-state index in [1.54, 1.807) is 27.1 Å². The van der Waals surface area contributed by atoms with Crippen molar-refractivity contribution >= 4 is 5.96 Å². The predicted molar refractivity (Wildman–Crippen MR) is 102 cm³/mol. The van der Waals surface area contributed by atoms with Gasteiger partial charge < -0.3 is 20.1 Å². The SMILES string of the molecule is CCOc1ccc(CNC(=NC)NCc2ccc(C)c(F)c2)cc1OC. The largest absolute Gasteiger partial charge is 0.493 e. The van der Waals surface area contributed by atoms with E-state index < -0.39 is 0 Å². The third-order valence-corrected chi connectivity index (χ3v) is 3.91. The lowest BCUT2D eigenvalue weighted by Crippen LogP contribution is -2.36. The second-order valence-corrected chi connectivity index (χ2v) is 5.78. The summed E-state index contributed by atoms with van der Waals surface area (Å²) in [6, 6.07) is 11.0. The van der Waals surface area contributed by atoms with Crippen molar-refractivity contribution in [2.75, 3.05) is 20.8 Å². The van der Waals surface area contributed by atoms with Gasteiger partial charge in [-0.3, -0.25) is 4.99 Å². The summed E-state index contributed by atoms with van der Waals surface area (Å²) in [6.45, 7) is 5.33. The van der Waals surface area contributed by atoms with Crippen LogP contribution in [0.3, 0.4) is 0 Å². The quantitative estimate of drug-likeness (QED) is 0.588. The number of nitrogens with one attached hydrogen (secondary N) is 2. The lowest BCUT2D eigenvalue weighted by Gasteiger charge is -2.14. The van der Waals surface area contributed by atoms with Crippen LogP contribution in [-0.4, -0.2) is 26.7 Å². The normalized spacial score (nSPS) is 11.2. The summed E-state index contributed by atoms with van der Waals surface area (Å²) in [6.07, 6.45) is 0. The van der Waals surface area contributed by atoms with Crippen LogP contribution in [0.1, 0.15) is 23.6 Å². The molecule has 140 valence electrons. The molecule has 0 aromatic heterocycles. The molecule has 0 spiro atoms. The van der Waals surface area contributed by atoms with Crippen LogP contribution in [0, 0.1) is 12.7 Å². The second-order valence-electron chi connectivity index (χ2n) is 5.78. The first-order valence-corrected chi connectivity index (χ1v) is 8.56. The van der Waals surface area contributed by atoms with Gasteiger partial charge in [-0.05, 0) is 48.7 Å². The summed E-state index contributed by atoms with van der Waals surface area (Å²) in [5, 5.41) is 6.41. The maximum atomic E-state index is 13.6. The first-order valence-electron chi connectivity index (χ1n) is 8.56. The Morgan fingerprint density at radius 1 is 1.04 bits per heavy atom. The van der Waals surface area contributed by atoms with Gasteiger partial charge in [0.05, 0.1) is 13.7 Å². The fourth-order valence-corrected chi connectivity index (χ4v) is 2.44. The van der Waals surface area contributed by atoms with E-state index in [9.17, 15) is 4.39 Å². The molecule has 0 aliphatic rings. The summed E-state index contributed by atoms with van der Waals surface area (Å²) < 4.78 is 24.5. The number of guanidine groups is 1. The van der Waals surface area contributed by atoms with Crippen molar-refractivity contribution in [2.24, 2.45) is 4.99 Å². The summed E-state index contributed by atoms with van der Waals surface area (Å²) >= 11 is 0. The monoisotopic (exact) mass is 359 g/mol. The number of aryl methyl sites for hydroxylation is 1. The molecule has 0 aliphatic heterocycles. The van der Waals surface area contributed by atoms with Crippen LogP contribution in [0.25, 0.3) is 0 Å². The molecule has 0 amide bonds. The molecule has 0 saturated heterocycles. The zero-order chi connectivity index (χ0) is 18.9. The predicted octanol–water partition coefficient (Wildman–Crippen LogP) is 3.41. The van der Waals surface area contributed by atoms with Crippen LogP contribution in [0.5, 0.6) is 11.5 Å². The number of benzene rings is 2. The molecule has 6 heteroatoms. The number of hydrogen-bond acceptors (Lipinski definition) is 3. The topological polar surface area (TPSA) is 54.9 Å². The molecule has 0 radical (unpaired) electrons. The van der Waals surface area contributed by atoms with E-state index in [0.29, 0.717) is 37.0 Å². The third-order valence-electron chi connectivity index (χ3n) is 3.91. The molecule has 2 N–H and O–H groups in total. The zero-order valence-electron chi connectivity index (χ0n) is 15.7. The van der Waals surface area contributed by atoms with E-state index in [0.717, 1.165) is 16.9 Å². The number of hydrogen-bond donors (Lipinski definition) is 2. The fourth-order valence-electron chi connectivity index (χ4n) is 2.44. The molecule has 0 atom stereocenters. The first-order chi connectivity index (χ1) is 12.6. The van der Waals surface area contributed by atoms with Gasteiger partial charge in [-0.1, -0.05) is 18.2 Å². The zero-order valence-corrected chi connectivity index (χ0v) is 15.7. The van der Waals surface area contributed by atoms with Gasteiger partial charge in [0.2, 0.25) is 0 Å². The highest BCUT2D eigenvalue weighted by Crippen LogP contribution is 2.27. The average Bonchev–Trinajstić information content (AvgIpc) is 2.65. The minimum Gasteiger partial charge on any atom is -0.493 e. The van der Waals surface area contributed by atoms with Gasteiger partial charge in [0, 0.05) is 20.1 Å². The first kappa shape index (κ1) is 19.6. The molecule has 2 rings (SSSR count). The maximum Gasteiger partial charge on any atom is 0.191 e. The number of rotatable bonds is 7. The molecule has 0 heterocycles. The van der Waals surface area contributed by atoms with Crippen molar-refractivity contribution in [3.8, 4) is 11.5 Å². The van der Waals surface area contributed by atoms with Gasteiger partial charge >= 0.3 is 0 Å². The van der Waals surface area contributed by atoms with E-state index in [1.807, 2.05) is 31.2 Å². The van der Waals surface area contributed by atoms with Gasteiger partial charge in [-0.2, -0.15) is 0 Å². The Balaban J connectivity index is 1.93. The summed E-state index contributed by atoms with van der Waals surface area (Å²) in [4.78, 5) is 4.19. The molecular formula is C20H26FN3O2. The Labute approximate surface area is 154 Å². The molecule has 0 saturated carbocycles. The highest BCUT2D eigenvalue weighted by atomic mass is 19.1. The minimum atomic E-state index is -0.200. The molecule has 5 nitrogen and oxygen atoms in total. The van der Waals surface area contributed by atoms with Crippen molar-refractivity contribution < 1.29 is 13.9 Å². The number of nitrogens with zero attached hydrogens (tertiary/aromatic N) is 1. The second kappa shape index (κ2) is 9.65. The summed E-state index contributed by atoms with van der Waals surface area (Å²) in [5.41, 5.74) is 2.54. The van der Waals surface area contributed by atoms with Crippen molar-refractivity contribution in [3.63, 3.8) is 0 Å². The molecule has 2 aromatic carbocycles. The van der Waals surface area contributed by atoms with Gasteiger partial charge in [0.15, 0.2) is 17.5 Å². The molecule has 0 bridgehead atoms. The van der Waals surface area contributed by atoms with E-state index in [-0.39, 0.29) is 5.82 Å². The lowest BCUT2D eigenvalue weighted by atomic mass is 10.1. The molecule has 0 unspecified atom stereocenters. The van der Waals surface area contributed by atoms with E-state index >= 15 is 0 Å². The molecule has 2 aromatic rings. The smallest absolute Gasteiger partial charge is 0.191 e. The highest BCUT2D eigenvalue weighted by Gasteiger charge is 2.06. The fraction of sp³-hybridized carbons (Fsp3) is 0.350. The van der Waals surface area contributed by atoms with Crippen molar-refractivity contribution in [1.29, 1.82) is 0 Å². The minimum absolute atomic E-state index is 0.200. The summed E-state index contributed by atoms with van der Waals surface area (Å²) in [5.74, 6) is 1.86. The van der Waals surface area contributed by atoms with Gasteiger partial charge in [0.25, 0.3) is 0 Å². The number of halogens is 1. The number of methoxy groups -OCH3 is 1. The number of ether oxygens (including phenoxy) is 2. The summed E-state index contributed by atoms with van der Waals surface area (Å²) in [7, 11) is 3.32. The highest BCUT2D eigenvalue weighted by molar-refractivity contribution is 5.79.